The summed E-state index contributed by atoms with van der Waals surface area (Å²) in [4.78, 5) is 0. The third-order valence-electron chi connectivity index (χ3n) is 2.18. The molecule has 0 radical (unpaired) electrons. The third kappa shape index (κ3) is 3.65. The van der Waals surface area contributed by atoms with Gasteiger partial charge in [-0.05, 0) is 38.0 Å². The summed E-state index contributed by atoms with van der Waals surface area (Å²) in [6.45, 7) is 7.31. The lowest BCUT2D eigenvalue weighted by atomic mass is 10.1. The summed E-state index contributed by atoms with van der Waals surface area (Å²) >= 11 is 0. The molecule has 0 saturated heterocycles. The van der Waals surface area contributed by atoms with E-state index < -0.39 is 0 Å². The van der Waals surface area contributed by atoms with Crippen LogP contribution in [0.1, 0.15) is 26.3 Å². The summed E-state index contributed by atoms with van der Waals surface area (Å²) in [5.41, 5.74) is 3.93. The predicted molar refractivity (Wildman–Crippen MR) is 63.7 cm³/mol. The average Bonchev–Trinajstić information content (AvgIpc) is 2.18. The maximum absolute atomic E-state index is 3.35. The number of rotatable bonds is 4. The summed E-state index contributed by atoms with van der Waals surface area (Å²) in [5.74, 6) is 0. The Balaban J connectivity index is 2.48. The molecule has 1 aromatic carbocycles. The van der Waals surface area contributed by atoms with Gasteiger partial charge in [0.25, 0.3) is 0 Å². The zero-order valence-electron chi connectivity index (χ0n) is 9.30. The number of allylic oxidation sites excluding steroid dienone is 1. The van der Waals surface area contributed by atoms with Crippen molar-refractivity contribution in [2.24, 2.45) is 0 Å². The molecule has 0 heterocycles. The van der Waals surface area contributed by atoms with Gasteiger partial charge < -0.3 is 5.32 Å². The number of hydrogen-bond donors (Lipinski definition) is 1. The summed E-state index contributed by atoms with van der Waals surface area (Å²) < 4.78 is 0. The van der Waals surface area contributed by atoms with E-state index in [1.165, 1.54) is 16.8 Å². The van der Waals surface area contributed by atoms with E-state index in [0.29, 0.717) is 0 Å². The van der Waals surface area contributed by atoms with Gasteiger partial charge in [-0.25, -0.2) is 0 Å². The molecule has 0 atom stereocenters. The monoisotopic (exact) mass is 189 g/mol. The number of hydrogen-bond acceptors (Lipinski definition) is 1. The molecule has 76 valence electrons. The Kier molecular flexibility index (Phi) is 4.24. The molecule has 0 aliphatic heterocycles. The van der Waals surface area contributed by atoms with Crippen LogP contribution in [0.5, 0.6) is 0 Å². The lowest BCUT2D eigenvalue weighted by Crippen LogP contribution is -1.98. The first-order valence-corrected chi connectivity index (χ1v) is 5.18. The zero-order chi connectivity index (χ0) is 10.4. The highest BCUT2D eigenvalue weighted by molar-refractivity contribution is 5.45. The van der Waals surface area contributed by atoms with Gasteiger partial charge in [0.15, 0.2) is 0 Å². The summed E-state index contributed by atoms with van der Waals surface area (Å²) in [5, 5.41) is 3.35. The van der Waals surface area contributed by atoms with Gasteiger partial charge in [-0.1, -0.05) is 30.7 Å². The first kappa shape index (κ1) is 10.8. The molecule has 1 nitrogen and oxygen atoms in total. The second-order valence-corrected chi connectivity index (χ2v) is 3.71. The Morgan fingerprint density at radius 1 is 1.21 bits per heavy atom. The maximum Gasteiger partial charge on any atom is 0.0342 e. The van der Waals surface area contributed by atoms with Crippen LogP contribution in [-0.4, -0.2) is 6.54 Å². The Morgan fingerprint density at radius 2 is 1.86 bits per heavy atom. The molecule has 0 aromatic heterocycles. The van der Waals surface area contributed by atoms with Gasteiger partial charge in [-0.2, -0.15) is 0 Å². The van der Waals surface area contributed by atoms with E-state index in [9.17, 15) is 0 Å². The molecule has 0 aliphatic rings. The molecule has 1 heteroatoms. The first-order chi connectivity index (χ1) is 6.72. The molecule has 1 aromatic rings. The molecule has 0 aliphatic carbocycles. The average molecular weight is 189 g/mol. The summed E-state index contributed by atoms with van der Waals surface area (Å²) in [7, 11) is 0. The largest absolute Gasteiger partial charge is 0.382 e. The van der Waals surface area contributed by atoms with Gasteiger partial charge in [0, 0.05) is 12.2 Å². The zero-order valence-corrected chi connectivity index (χ0v) is 9.30. The van der Waals surface area contributed by atoms with Gasteiger partial charge >= 0.3 is 0 Å². The van der Waals surface area contributed by atoms with Crippen molar-refractivity contribution in [3.8, 4) is 0 Å². The van der Waals surface area contributed by atoms with Crippen molar-refractivity contribution in [1.82, 2.24) is 0 Å². The minimum absolute atomic E-state index is 0.911. The van der Waals surface area contributed by atoms with Crippen LogP contribution >= 0.6 is 0 Å². The number of benzene rings is 1. The Labute approximate surface area is 86.8 Å². The molecular formula is C13H19N. The molecule has 0 unspecified atom stereocenters. The van der Waals surface area contributed by atoms with E-state index >= 15 is 0 Å². The van der Waals surface area contributed by atoms with Crippen LogP contribution in [-0.2, 0) is 6.42 Å². The topological polar surface area (TPSA) is 12.0 Å². The van der Waals surface area contributed by atoms with E-state index in [-0.39, 0.29) is 0 Å². The van der Waals surface area contributed by atoms with Gasteiger partial charge in [0.1, 0.15) is 0 Å². The van der Waals surface area contributed by atoms with Gasteiger partial charge in [-0.15, -0.1) is 0 Å². The Bertz CT molecular complexity index is 292. The SMILES string of the molecule is CCc1ccc(NCC=C(C)C)cc1. The lowest BCUT2D eigenvalue weighted by molar-refractivity contribution is 1.14. The fourth-order valence-corrected chi connectivity index (χ4v) is 1.23. The van der Waals surface area contributed by atoms with Crippen LogP contribution in [0.3, 0.4) is 0 Å². The van der Waals surface area contributed by atoms with Crippen LogP contribution in [0.25, 0.3) is 0 Å². The Morgan fingerprint density at radius 3 is 2.36 bits per heavy atom. The maximum atomic E-state index is 3.35. The minimum atomic E-state index is 0.911. The second-order valence-electron chi connectivity index (χ2n) is 3.71. The fraction of sp³-hybridized carbons (Fsp3) is 0.385. The lowest BCUT2D eigenvalue weighted by Gasteiger charge is -2.04. The van der Waals surface area contributed by atoms with Crippen molar-refractivity contribution < 1.29 is 0 Å². The summed E-state index contributed by atoms with van der Waals surface area (Å²) in [6, 6.07) is 8.62. The molecule has 0 bridgehead atoms. The van der Waals surface area contributed by atoms with Crippen LogP contribution in [0.4, 0.5) is 5.69 Å². The molecule has 1 N–H and O–H groups in total. The van der Waals surface area contributed by atoms with Crippen molar-refractivity contribution >= 4 is 5.69 Å². The van der Waals surface area contributed by atoms with Crippen LogP contribution in [0, 0.1) is 0 Å². The molecule has 1 rings (SSSR count). The molecule has 0 saturated carbocycles. The third-order valence-corrected chi connectivity index (χ3v) is 2.18. The van der Waals surface area contributed by atoms with E-state index in [4.69, 9.17) is 0 Å². The van der Waals surface area contributed by atoms with Crippen molar-refractivity contribution in [2.45, 2.75) is 27.2 Å². The highest BCUT2D eigenvalue weighted by Crippen LogP contribution is 2.09. The highest BCUT2D eigenvalue weighted by atomic mass is 14.8. The number of nitrogens with one attached hydrogen (secondary N) is 1. The van der Waals surface area contributed by atoms with Crippen molar-refractivity contribution in [3.05, 3.63) is 41.5 Å². The summed E-state index contributed by atoms with van der Waals surface area (Å²) in [6.07, 6.45) is 3.29. The fourth-order valence-electron chi connectivity index (χ4n) is 1.23. The molecule has 14 heavy (non-hydrogen) atoms. The van der Waals surface area contributed by atoms with Gasteiger partial charge in [0.2, 0.25) is 0 Å². The molecule has 0 spiro atoms. The number of aryl methyl sites for hydroxylation is 1. The van der Waals surface area contributed by atoms with Crippen LogP contribution < -0.4 is 5.32 Å². The normalized spacial score (nSPS) is 9.64. The van der Waals surface area contributed by atoms with Crippen LogP contribution in [0.2, 0.25) is 0 Å². The number of anilines is 1. The van der Waals surface area contributed by atoms with E-state index in [1.54, 1.807) is 0 Å². The first-order valence-electron chi connectivity index (χ1n) is 5.18. The van der Waals surface area contributed by atoms with Gasteiger partial charge in [-0.3, -0.25) is 0 Å². The van der Waals surface area contributed by atoms with Crippen molar-refractivity contribution in [2.75, 3.05) is 11.9 Å². The van der Waals surface area contributed by atoms with Crippen LogP contribution in [0.15, 0.2) is 35.9 Å². The van der Waals surface area contributed by atoms with E-state index in [1.807, 2.05) is 0 Å². The van der Waals surface area contributed by atoms with Crippen molar-refractivity contribution in [3.63, 3.8) is 0 Å². The standard InChI is InChI=1S/C13H19N/c1-4-12-5-7-13(8-6-12)14-10-9-11(2)3/h5-9,14H,4,10H2,1-3H3. The Hall–Kier alpha value is -1.24. The molecule has 0 fully saturated rings. The molecule has 0 amide bonds. The smallest absolute Gasteiger partial charge is 0.0342 e. The highest BCUT2D eigenvalue weighted by Gasteiger charge is 1.90. The minimum Gasteiger partial charge on any atom is -0.382 e. The van der Waals surface area contributed by atoms with Gasteiger partial charge in [0.05, 0.1) is 0 Å². The van der Waals surface area contributed by atoms with Crippen molar-refractivity contribution in [1.29, 1.82) is 0 Å². The van der Waals surface area contributed by atoms with E-state index in [2.05, 4.69) is 56.4 Å². The quantitative estimate of drug-likeness (QED) is 0.713. The van der Waals surface area contributed by atoms with E-state index in [0.717, 1.165) is 13.0 Å². The molecular weight excluding hydrogens is 170 g/mol. The second kappa shape index (κ2) is 5.48. The predicted octanol–water partition coefficient (Wildman–Crippen LogP) is 3.63.